The van der Waals surface area contributed by atoms with E-state index in [4.69, 9.17) is 0 Å². The molecule has 2 amide bonds. The highest BCUT2D eigenvalue weighted by atomic mass is 16.2. The quantitative estimate of drug-likeness (QED) is 0.830. The van der Waals surface area contributed by atoms with Crippen molar-refractivity contribution in [3.05, 3.63) is 35.9 Å². The van der Waals surface area contributed by atoms with Crippen LogP contribution in [0.15, 0.2) is 30.3 Å². The van der Waals surface area contributed by atoms with Crippen molar-refractivity contribution >= 4 is 11.8 Å². The number of hydrogen-bond donors (Lipinski definition) is 1. The molecule has 0 spiro atoms. The van der Waals surface area contributed by atoms with Crippen molar-refractivity contribution in [2.75, 3.05) is 40.8 Å². The molecule has 22 heavy (non-hydrogen) atoms. The summed E-state index contributed by atoms with van der Waals surface area (Å²) in [5, 5.41) is 2.91. The first kappa shape index (κ1) is 18.2. The van der Waals surface area contributed by atoms with Crippen LogP contribution in [0.3, 0.4) is 0 Å². The molecule has 0 heterocycles. The van der Waals surface area contributed by atoms with Gasteiger partial charge in [0, 0.05) is 25.7 Å². The van der Waals surface area contributed by atoms with Crippen molar-refractivity contribution in [3.63, 3.8) is 0 Å². The number of hydrogen-bond acceptors (Lipinski definition) is 3. The van der Waals surface area contributed by atoms with Crippen LogP contribution < -0.4 is 5.32 Å². The van der Waals surface area contributed by atoms with E-state index in [9.17, 15) is 9.59 Å². The third-order valence-electron chi connectivity index (χ3n) is 3.26. The van der Waals surface area contributed by atoms with Crippen molar-refractivity contribution in [2.24, 2.45) is 5.41 Å². The summed E-state index contributed by atoms with van der Waals surface area (Å²) < 4.78 is 0. The summed E-state index contributed by atoms with van der Waals surface area (Å²) in [5.74, 6) is -0.290. The topological polar surface area (TPSA) is 52.7 Å². The molecule has 1 N–H and O–H groups in total. The van der Waals surface area contributed by atoms with Crippen LogP contribution in [-0.2, 0) is 4.79 Å². The first-order chi connectivity index (χ1) is 10.2. The first-order valence-electron chi connectivity index (χ1n) is 7.43. The van der Waals surface area contributed by atoms with Crippen LogP contribution in [0.25, 0.3) is 0 Å². The van der Waals surface area contributed by atoms with Gasteiger partial charge in [0.25, 0.3) is 5.91 Å². The predicted octanol–water partition coefficient (Wildman–Crippen LogP) is 1.46. The zero-order valence-electron chi connectivity index (χ0n) is 14.2. The van der Waals surface area contributed by atoms with E-state index in [0.29, 0.717) is 12.1 Å². The van der Waals surface area contributed by atoms with Gasteiger partial charge in [0.15, 0.2) is 0 Å². The van der Waals surface area contributed by atoms with Gasteiger partial charge in [-0.15, -0.1) is 0 Å². The second kappa shape index (κ2) is 7.94. The van der Waals surface area contributed by atoms with Crippen LogP contribution in [0.2, 0.25) is 0 Å². The number of carbonyl (C=O) groups is 2. The lowest BCUT2D eigenvalue weighted by Crippen LogP contribution is -2.44. The molecule has 0 atom stereocenters. The van der Waals surface area contributed by atoms with E-state index in [1.54, 1.807) is 19.2 Å². The van der Waals surface area contributed by atoms with Crippen LogP contribution in [0.1, 0.15) is 24.2 Å². The second-order valence-corrected chi connectivity index (χ2v) is 6.71. The zero-order chi connectivity index (χ0) is 16.8. The second-order valence-electron chi connectivity index (χ2n) is 6.71. The molecule has 0 aliphatic heterocycles. The van der Waals surface area contributed by atoms with E-state index >= 15 is 0 Å². The fraction of sp³-hybridized carbons (Fsp3) is 0.529. The lowest BCUT2D eigenvalue weighted by molar-refractivity contribution is -0.122. The van der Waals surface area contributed by atoms with Crippen LogP contribution in [0.4, 0.5) is 0 Å². The minimum atomic E-state index is -0.150. The third-order valence-corrected chi connectivity index (χ3v) is 3.26. The number of nitrogens with one attached hydrogen (secondary N) is 1. The van der Waals surface area contributed by atoms with Gasteiger partial charge in [-0.3, -0.25) is 9.59 Å². The molecule has 0 aliphatic rings. The summed E-state index contributed by atoms with van der Waals surface area (Å²) in [5.41, 5.74) is 0.576. The summed E-state index contributed by atoms with van der Waals surface area (Å²) >= 11 is 0. The highest BCUT2D eigenvalue weighted by molar-refractivity contribution is 5.96. The largest absolute Gasteiger partial charge is 0.354 e. The van der Waals surface area contributed by atoms with Crippen molar-refractivity contribution in [3.8, 4) is 0 Å². The maximum atomic E-state index is 12.2. The molecule has 0 saturated carbocycles. The molecule has 0 bridgehead atoms. The number of benzene rings is 1. The Morgan fingerprint density at radius 1 is 1.09 bits per heavy atom. The van der Waals surface area contributed by atoms with Crippen LogP contribution in [0.5, 0.6) is 0 Å². The van der Waals surface area contributed by atoms with Crippen LogP contribution in [-0.4, -0.2) is 62.4 Å². The Morgan fingerprint density at radius 2 is 1.68 bits per heavy atom. The van der Waals surface area contributed by atoms with Gasteiger partial charge in [-0.25, -0.2) is 0 Å². The van der Waals surface area contributed by atoms with Gasteiger partial charge >= 0.3 is 0 Å². The first-order valence-corrected chi connectivity index (χ1v) is 7.43. The lowest BCUT2D eigenvalue weighted by Gasteiger charge is -2.28. The summed E-state index contributed by atoms with van der Waals surface area (Å²) in [6.07, 6.45) is 0. The average molecular weight is 305 g/mol. The Bertz CT molecular complexity index is 498. The molecule has 1 aromatic carbocycles. The highest BCUT2D eigenvalue weighted by Crippen LogP contribution is 2.14. The maximum absolute atomic E-state index is 12.2. The Morgan fingerprint density at radius 3 is 2.23 bits per heavy atom. The molecule has 0 radical (unpaired) electrons. The van der Waals surface area contributed by atoms with Crippen LogP contribution in [0, 0.1) is 5.41 Å². The molecule has 0 aliphatic carbocycles. The van der Waals surface area contributed by atoms with Crippen LogP contribution >= 0.6 is 0 Å². The molecule has 0 fully saturated rings. The molecular formula is C17H27N3O2. The SMILES string of the molecule is CN(C)CC(C)(C)CNC(=O)CN(C)C(=O)c1ccccc1. The number of amides is 2. The molecule has 0 aromatic heterocycles. The molecule has 0 unspecified atom stereocenters. The van der Waals surface area contributed by atoms with E-state index in [0.717, 1.165) is 6.54 Å². The van der Waals surface area contributed by atoms with E-state index in [1.807, 2.05) is 32.3 Å². The van der Waals surface area contributed by atoms with E-state index in [1.165, 1.54) is 4.90 Å². The number of likely N-dealkylation sites (N-methyl/N-ethyl adjacent to an activating group) is 1. The molecular weight excluding hydrogens is 278 g/mol. The molecule has 122 valence electrons. The fourth-order valence-corrected chi connectivity index (χ4v) is 2.39. The molecule has 5 nitrogen and oxygen atoms in total. The zero-order valence-corrected chi connectivity index (χ0v) is 14.2. The summed E-state index contributed by atoms with van der Waals surface area (Å²) in [6, 6.07) is 8.97. The smallest absolute Gasteiger partial charge is 0.254 e. The summed E-state index contributed by atoms with van der Waals surface area (Å²) in [7, 11) is 5.66. The Hall–Kier alpha value is -1.88. The lowest BCUT2D eigenvalue weighted by atomic mass is 9.93. The fourth-order valence-electron chi connectivity index (χ4n) is 2.39. The highest BCUT2D eigenvalue weighted by Gasteiger charge is 2.21. The normalized spacial score (nSPS) is 11.4. The van der Waals surface area contributed by atoms with Gasteiger partial charge in [0.2, 0.25) is 5.91 Å². The van der Waals surface area contributed by atoms with Crippen molar-refractivity contribution in [1.82, 2.24) is 15.1 Å². The van der Waals surface area contributed by atoms with E-state index < -0.39 is 0 Å². The number of nitrogens with zero attached hydrogens (tertiary/aromatic N) is 2. The molecule has 5 heteroatoms. The standard InChI is InChI=1S/C17H27N3O2/c1-17(2,13-19(3)4)12-18-15(21)11-20(5)16(22)14-9-7-6-8-10-14/h6-10H,11-13H2,1-5H3,(H,18,21). The van der Waals surface area contributed by atoms with Crippen molar-refractivity contribution < 1.29 is 9.59 Å². The van der Waals surface area contributed by atoms with Gasteiger partial charge in [-0.2, -0.15) is 0 Å². The van der Waals surface area contributed by atoms with Gasteiger partial charge < -0.3 is 15.1 Å². The van der Waals surface area contributed by atoms with Gasteiger partial charge in [-0.05, 0) is 31.6 Å². The Kier molecular flexibility index (Phi) is 6.56. The summed E-state index contributed by atoms with van der Waals surface area (Å²) in [6.45, 7) is 5.73. The number of rotatable bonds is 7. The minimum Gasteiger partial charge on any atom is -0.354 e. The Labute approximate surface area is 133 Å². The van der Waals surface area contributed by atoms with Gasteiger partial charge in [-0.1, -0.05) is 32.0 Å². The van der Waals surface area contributed by atoms with Gasteiger partial charge in [0.1, 0.15) is 0 Å². The van der Waals surface area contributed by atoms with Gasteiger partial charge in [0.05, 0.1) is 6.54 Å². The molecule has 1 rings (SSSR count). The monoisotopic (exact) mass is 305 g/mol. The molecule has 1 aromatic rings. The van der Waals surface area contributed by atoms with Crippen molar-refractivity contribution in [1.29, 1.82) is 0 Å². The maximum Gasteiger partial charge on any atom is 0.254 e. The van der Waals surface area contributed by atoms with E-state index in [-0.39, 0.29) is 23.8 Å². The molecule has 0 saturated heterocycles. The average Bonchev–Trinajstić information content (AvgIpc) is 2.44. The summed E-state index contributed by atoms with van der Waals surface area (Å²) in [4.78, 5) is 27.7. The third kappa shape index (κ3) is 6.26. The number of carbonyl (C=O) groups excluding carboxylic acids is 2. The van der Waals surface area contributed by atoms with E-state index in [2.05, 4.69) is 24.1 Å². The van der Waals surface area contributed by atoms with Crippen molar-refractivity contribution in [2.45, 2.75) is 13.8 Å². The predicted molar refractivity (Wildman–Crippen MR) is 88.7 cm³/mol. The minimum absolute atomic E-state index is 0.0127. The Balaban J connectivity index is 2.46.